The second-order valence-electron chi connectivity index (χ2n) is 5.68. The SMILES string of the molecule is O=c1cc(C(F)(F)F)c2cc(Cc3ccc(S(=O)(=O)Cl)cc3)ccc2[nH]1. The molecule has 26 heavy (non-hydrogen) atoms. The average Bonchev–Trinajstić information content (AvgIpc) is 2.53. The Morgan fingerprint density at radius 3 is 2.15 bits per heavy atom. The van der Waals surface area contributed by atoms with E-state index in [9.17, 15) is 26.4 Å². The van der Waals surface area contributed by atoms with Crippen LogP contribution in [0.1, 0.15) is 16.7 Å². The van der Waals surface area contributed by atoms with Crippen molar-refractivity contribution in [3.05, 3.63) is 75.6 Å². The molecule has 0 aliphatic heterocycles. The third-order valence-electron chi connectivity index (χ3n) is 3.83. The van der Waals surface area contributed by atoms with Crippen LogP contribution in [0.15, 0.2) is 58.2 Å². The smallest absolute Gasteiger partial charge is 0.322 e. The third-order valence-corrected chi connectivity index (χ3v) is 5.20. The standard InChI is InChI=1S/C17H11ClF3NO3S/c18-26(24,25)12-4-1-10(2-5-12)7-11-3-6-15-13(8-11)14(17(19,20)21)9-16(23)22-15/h1-6,8-9H,7H2,(H,22,23). The third kappa shape index (κ3) is 3.91. The lowest BCUT2D eigenvalue weighted by Gasteiger charge is -2.11. The van der Waals surface area contributed by atoms with Gasteiger partial charge in [0.05, 0.1) is 10.5 Å². The fourth-order valence-corrected chi connectivity index (χ4v) is 3.42. The van der Waals surface area contributed by atoms with Gasteiger partial charge in [-0.25, -0.2) is 8.42 Å². The zero-order chi connectivity index (χ0) is 19.1. The molecular formula is C17H11ClF3NO3S. The predicted molar refractivity (Wildman–Crippen MR) is 91.9 cm³/mol. The largest absolute Gasteiger partial charge is 0.417 e. The summed E-state index contributed by atoms with van der Waals surface area (Å²) in [7, 11) is 1.41. The van der Waals surface area contributed by atoms with Crippen molar-refractivity contribution in [2.45, 2.75) is 17.5 Å². The number of alkyl halides is 3. The fraction of sp³-hybridized carbons (Fsp3) is 0.118. The minimum atomic E-state index is -4.65. The first-order chi connectivity index (χ1) is 12.0. The maximum atomic E-state index is 13.2. The highest BCUT2D eigenvalue weighted by molar-refractivity contribution is 8.13. The Morgan fingerprint density at radius 1 is 0.962 bits per heavy atom. The molecule has 0 spiro atoms. The van der Waals surface area contributed by atoms with Crippen molar-refractivity contribution in [3.8, 4) is 0 Å². The number of rotatable bonds is 3. The molecule has 0 saturated heterocycles. The summed E-state index contributed by atoms with van der Waals surface area (Å²) in [5, 5.41) is -0.102. The lowest BCUT2D eigenvalue weighted by molar-refractivity contribution is -0.136. The fourth-order valence-electron chi connectivity index (χ4n) is 2.65. The zero-order valence-corrected chi connectivity index (χ0v) is 14.5. The average molecular weight is 402 g/mol. The summed E-state index contributed by atoms with van der Waals surface area (Å²) in [6.07, 6.45) is -4.36. The molecule has 0 amide bonds. The lowest BCUT2D eigenvalue weighted by Crippen LogP contribution is -2.14. The number of benzene rings is 2. The van der Waals surface area contributed by atoms with Crippen molar-refractivity contribution in [2.24, 2.45) is 0 Å². The summed E-state index contributed by atoms with van der Waals surface area (Å²) in [6, 6.07) is 10.7. The Kier molecular flexibility index (Phi) is 4.58. The van der Waals surface area contributed by atoms with Gasteiger partial charge in [0.2, 0.25) is 5.56 Å². The number of fused-ring (bicyclic) bond motifs is 1. The van der Waals surface area contributed by atoms with Gasteiger partial charge in [-0.3, -0.25) is 4.79 Å². The number of aromatic amines is 1. The second-order valence-corrected chi connectivity index (χ2v) is 8.25. The predicted octanol–water partition coefficient (Wildman–Crippen LogP) is 4.07. The van der Waals surface area contributed by atoms with Gasteiger partial charge in [-0.05, 0) is 41.8 Å². The van der Waals surface area contributed by atoms with Gasteiger partial charge in [0.1, 0.15) is 0 Å². The first kappa shape index (κ1) is 18.5. The summed E-state index contributed by atoms with van der Waals surface area (Å²) < 4.78 is 62.0. The first-order valence-electron chi connectivity index (χ1n) is 7.31. The van der Waals surface area contributed by atoms with Crippen LogP contribution in [0.2, 0.25) is 0 Å². The van der Waals surface area contributed by atoms with Crippen LogP contribution in [0.25, 0.3) is 10.9 Å². The molecule has 0 atom stereocenters. The van der Waals surface area contributed by atoms with Gasteiger partial charge in [0, 0.05) is 27.7 Å². The van der Waals surface area contributed by atoms with Gasteiger partial charge in [-0.15, -0.1) is 0 Å². The molecule has 3 aromatic rings. The molecule has 0 fully saturated rings. The number of hydrogen-bond acceptors (Lipinski definition) is 3. The van der Waals surface area contributed by atoms with E-state index in [1.165, 1.54) is 36.4 Å². The van der Waals surface area contributed by atoms with Gasteiger partial charge in [-0.2, -0.15) is 13.2 Å². The first-order valence-corrected chi connectivity index (χ1v) is 9.62. The molecule has 0 bridgehead atoms. The summed E-state index contributed by atoms with van der Waals surface area (Å²) in [4.78, 5) is 13.7. The van der Waals surface area contributed by atoms with Crippen molar-refractivity contribution in [1.82, 2.24) is 4.98 Å². The van der Waals surface area contributed by atoms with Crippen LogP contribution >= 0.6 is 10.7 Å². The van der Waals surface area contributed by atoms with Crippen LogP contribution in [-0.2, 0) is 21.6 Å². The van der Waals surface area contributed by atoms with Crippen LogP contribution in [-0.4, -0.2) is 13.4 Å². The van der Waals surface area contributed by atoms with Crippen LogP contribution in [0.4, 0.5) is 13.2 Å². The Morgan fingerprint density at radius 2 is 1.58 bits per heavy atom. The summed E-state index contributed by atoms with van der Waals surface area (Å²) >= 11 is 0. The summed E-state index contributed by atoms with van der Waals surface area (Å²) in [6.45, 7) is 0. The van der Waals surface area contributed by atoms with E-state index in [2.05, 4.69) is 4.98 Å². The van der Waals surface area contributed by atoms with E-state index in [0.717, 1.165) is 0 Å². The molecular weight excluding hydrogens is 391 g/mol. The van der Waals surface area contributed by atoms with Gasteiger partial charge in [0.25, 0.3) is 9.05 Å². The van der Waals surface area contributed by atoms with Crippen LogP contribution in [0.3, 0.4) is 0 Å². The van der Waals surface area contributed by atoms with Crippen LogP contribution in [0.5, 0.6) is 0 Å². The highest BCUT2D eigenvalue weighted by Crippen LogP contribution is 2.33. The minimum absolute atomic E-state index is 0.0571. The lowest BCUT2D eigenvalue weighted by atomic mass is 10.0. The molecule has 0 aliphatic carbocycles. The van der Waals surface area contributed by atoms with E-state index in [-0.39, 0.29) is 22.2 Å². The quantitative estimate of drug-likeness (QED) is 0.673. The Hall–Kier alpha value is -2.32. The van der Waals surface area contributed by atoms with Crippen molar-refractivity contribution < 1.29 is 21.6 Å². The normalized spacial score (nSPS) is 12.5. The molecule has 1 heterocycles. The number of hydrogen-bond donors (Lipinski definition) is 1. The Balaban J connectivity index is 2.01. The van der Waals surface area contributed by atoms with Crippen molar-refractivity contribution in [1.29, 1.82) is 0 Å². The monoisotopic (exact) mass is 401 g/mol. The second kappa shape index (κ2) is 6.44. The van der Waals surface area contributed by atoms with Gasteiger partial charge < -0.3 is 4.98 Å². The van der Waals surface area contributed by atoms with Gasteiger partial charge in [0.15, 0.2) is 0 Å². The molecule has 9 heteroatoms. The highest BCUT2D eigenvalue weighted by atomic mass is 35.7. The molecule has 0 unspecified atom stereocenters. The highest BCUT2D eigenvalue weighted by Gasteiger charge is 2.33. The van der Waals surface area contributed by atoms with Crippen LogP contribution < -0.4 is 5.56 Å². The van der Waals surface area contributed by atoms with E-state index in [1.807, 2.05) is 0 Å². The van der Waals surface area contributed by atoms with Gasteiger partial charge in [-0.1, -0.05) is 18.2 Å². The van der Waals surface area contributed by atoms with E-state index >= 15 is 0 Å². The van der Waals surface area contributed by atoms with Crippen molar-refractivity contribution in [2.75, 3.05) is 0 Å². The van der Waals surface area contributed by atoms with Gasteiger partial charge >= 0.3 is 6.18 Å². The molecule has 2 aromatic carbocycles. The Labute approximate surface area is 150 Å². The van der Waals surface area contributed by atoms with E-state index in [1.54, 1.807) is 6.07 Å². The van der Waals surface area contributed by atoms with E-state index in [0.29, 0.717) is 17.2 Å². The maximum absolute atomic E-state index is 13.2. The number of aromatic nitrogens is 1. The molecule has 0 saturated carbocycles. The number of halogens is 4. The number of nitrogens with one attached hydrogen (secondary N) is 1. The summed E-state index contributed by atoms with van der Waals surface area (Å²) in [5.74, 6) is 0. The van der Waals surface area contributed by atoms with E-state index in [4.69, 9.17) is 10.7 Å². The van der Waals surface area contributed by atoms with Crippen molar-refractivity contribution in [3.63, 3.8) is 0 Å². The Bertz CT molecular complexity index is 1140. The zero-order valence-electron chi connectivity index (χ0n) is 13.0. The van der Waals surface area contributed by atoms with E-state index < -0.39 is 26.3 Å². The number of H-pyrrole nitrogens is 1. The van der Waals surface area contributed by atoms with Crippen molar-refractivity contribution >= 4 is 30.6 Å². The molecule has 136 valence electrons. The topological polar surface area (TPSA) is 67.0 Å². The molecule has 3 rings (SSSR count). The van der Waals surface area contributed by atoms with Crippen LogP contribution in [0, 0.1) is 0 Å². The number of pyridine rings is 1. The molecule has 0 aliphatic rings. The molecule has 0 radical (unpaired) electrons. The maximum Gasteiger partial charge on any atom is 0.417 e. The molecule has 1 aromatic heterocycles. The molecule has 4 nitrogen and oxygen atoms in total. The molecule has 1 N–H and O–H groups in total. The minimum Gasteiger partial charge on any atom is -0.322 e. The summed E-state index contributed by atoms with van der Waals surface area (Å²) in [5.41, 5.74) is -0.447.